The van der Waals surface area contributed by atoms with Crippen molar-refractivity contribution in [2.45, 2.75) is 6.92 Å². The minimum absolute atomic E-state index is 0.0575. The fourth-order valence-electron chi connectivity index (χ4n) is 2.24. The highest BCUT2D eigenvalue weighted by Gasteiger charge is 2.19. The number of aryl methyl sites for hydroxylation is 1. The van der Waals surface area contributed by atoms with E-state index in [9.17, 15) is 35.0 Å². The van der Waals surface area contributed by atoms with Gasteiger partial charge in [0.2, 0.25) is 0 Å². The van der Waals surface area contributed by atoms with Crippen LogP contribution in [0.1, 0.15) is 15.9 Å². The van der Waals surface area contributed by atoms with Crippen LogP contribution in [-0.4, -0.2) is 45.8 Å². The fraction of sp³-hybridized carbons (Fsp3) is 0.176. The molecule has 11 heteroatoms. The maximum Gasteiger partial charge on any atom is 0.338 e. The number of esters is 1. The fourth-order valence-corrected chi connectivity index (χ4v) is 2.24. The number of carbonyl (C=O) groups is 2. The normalized spacial score (nSPS) is 10.2. The summed E-state index contributed by atoms with van der Waals surface area (Å²) in [6.45, 7) is 0.829. The van der Waals surface area contributed by atoms with Crippen molar-refractivity contribution in [2.75, 3.05) is 19.0 Å². The predicted molar refractivity (Wildman–Crippen MR) is 94.7 cm³/mol. The minimum atomic E-state index is -1.03. The number of nitro benzene ring substituents is 1. The highest BCUT2D eigenvalue weighted by Crippen LogP contribution is 2.35. The highest BCUT2D eigenvalue weighted by molar-refractivity contribution is 5.96. The van der Waals surface area contributed by atoms with Crippen molar-refractivity contribution in [1.82, 2.24) is 0 Å². The molecule has 0 heterocycles. The summed E-state index contributed by atoms with van der Waals surface area (Å²) in [7, 11) is 1.24. The summed E-state index contributed by atoms with van der Waals surface area (Å²) >= 11 is 0. The third-order valence-corrected chi connectivity index (χ3v) is 3.64. The first-order valence-electron chi connectivity index (χ1n) is 7.69. The molecule has 28 heavy (non-hydrogen) atoms. The number of amides is 1. The zero-order valence-electron chi connectivity index (χ0n) is 14.8. The first-order chi connectivity index (χ1) is 13.1. The standard InChI is InChI=1S/C17H16N2O9/c1-8-3-11(19(25)26)14(27-2)6-10(8)18-15(22)7-28-17(24)9-4-12(20)16(23)13(21)5-9/h3-6,20-21,23H,7H2,1-2H3,(H,18,22). The molecule has 0 aromatic heterocycles. The number of nitrogens with one attached hydrogen (secondary N) is 1. The molecule has 2 rings (SSSR count). The van der Waals surface area contributed by atoms with Gasteiger partial charge >= 0.3 is 11.7 Å². The van der Waals surface area contributed by atoms with E-state index in [4.69, 9.17) is 9.47 Å². The summed E-state index contributed by atoms with van der Waals surface area (Å²) < 4.78 is 9.70. The molecule has 0 aliphatic heterocycles. The van der Waals surface area contributed by atoms with E-state index in [1.54, 1.807) is 0 Å². The number of benzene rings is 2. The van der Waals surface area contributed by atoms with Crippen LogP contribution in [0.2, 0.25) is 0 Å². The lowest BCUT2D eigenvalue weighted by Crippen LogP contribution is -2.21. The molecule has 11 nitrogen and oxygen atoms in total. The molecule has 0 aliphatic carbocycles. The Morgan fingerprint density at radius 2 is 1.75 bits per heavy atom. The smallest absolute Gasteiger partial charge is 0.338 e. The largest absolute Gasteiger partial charge is 0.504 e. The molecule has 0 spiro atoms. The number of aromatic hydroxyl groups is 3. The number of phenolic OH excluding ortho intramolecular Hbond substituents is 3. The van der Waals surface area contributed by atoms with Gasteiger partial charge in [-0.05, 0) is 24.6 Å². The second-order valence-corrected chi connectivity index (χ2v) is 5.58. The number of nitro groups is 1. The van der Waals surface area contributed by atoms with Crippen LogP contribution in [0.5, 0.6) is 23.0 Å². The summed E-state index contributed by atoms with van der Waals surface area (Å²) in [6.07, 6.45) is 0. The van der Waals surface area contributed by atoms with E-state index >= 15 is 0 Å². The Hall–Kier alpha value is -4.02. The number of nitrogens with zero attached hydrogens (tertiary/aromatic N) is 1. The van der Waals surface area contributed by atoms with Gasteiger partial charge in [0, 0.05) is 17.8 Å². The quantitative estimate of drug-likeness (QED) is 0.248. The third kappa shape index (κ3) is 4.38. The number of hydrogen-bond acceptors (Lipinski definition) is 9. The second-order valence-electron chi connectivity index (χ2n) is 5.58. The minimum Gasteiger partial charge on any atom is -0.504 e. The molecule has 0 radical (unpaired) electrons. The number of ether oxygens (including phenoxy) is 2. The van der Waals surface area contributed by atoms with Gasteiger partial charge in [-0.15, -0.1) is 0 Å². The van der Waals surface area contributed by atoms with E-state index in [-0.39, 0.29) is 22.7 Å². The molecule has 2 aromatic carbocycles. The molecule has 0 unspecified atom stereocenters. The summed E-state index contributed by atoms with van der Waals surface area (Å²) in [5.74, 6) is -4.08. The average Bonchev–Trinajstić information content (AvgIpc) is 2.64. The van der Waals surface area contributed by atoms with Gasteiger partial charge < -0.3 is 30.1 Å². The second kappa shape index (κ2) is 8.12. The van der Waals surface area contributed by atoms with Gasteiger partial charge in [0.05, 0.1) is 17.6 Å². The lowest BCUT2D eigenvalue weighted by atomic mass is 10.1. The number of phenols is 3. The third-order valence-electron chi connectivity index (χ3n) is 3.64. The van der Waals surface area contributed by atoms with E-state index in [0.29, 0.717) is 5.56 Å². The number of methoxy groups -OCH3 is 1. The Labute approximate surface area is 157 Å². The maximum atomic E-state index is 12.0. The zero-order valence-corrected chi connectivity index (χ0v) is 14.8. The summed E-state index contributed by atoms with van der Waals surface area (Å²) in [6, 6.07) is 4.22. The molecular weight excluding hydrogens is 376 g/mol. The van der Waals surface area contributed by atoms with E-state index in [1.165, 1.54) is 26.2 Å². The van der Waals surface area contributed by atoms with Crippen LogP contribution < -0.4 is 10.1 Å². The van der Waals surface area contributed by atoms with Crippen LogP contribution in [0.15, 0.2) is 24.3 Å². The molecule has 0 aliphatic rings. The first kappa shape index (κ1) is 20.3. The van der Waals surface area contributed by atoms with Crippen molar-refractivity contribution in [3.63, 3.8) is 0 Å². The van der Waals surface area contributed by atoms with Gasteiger partial charge in [0.15, 0.2) is 29.6 Å². The maximum absolute atomic E-state index is 12.0. The van der Waals surface area contributed by atoms with Crippen LogP contribution in [-0.2, 0) is 9.53 Å². The van der Waals surface area contributed by atoms with Gasteiger partial charge in [0.25, 0.3) is 5.91 Å². The Bertz CT molecular complexity index is 933. The van der Waals surface area contributed by atoms with Crippen LogP contribution in [0, 0.1) is 17.0 Å². The number of rotatable bonds is 6. The van der Waals surface area contributed by atoms with Crippen molar-refractivity contribution in [1.29, 1.82) is 0 Å². The molecule has 0 fully saturated rings. The van der Waals surface area contributed by atoms with E-state index < -0.39 is 40.7 Å². The Balaban J connectivity index is 2.07. The average molecular weight is 392 g/mol. The molecule has 2 aromatic rings. The topological polar surface area (TPSA) is 168 Å². The lowest BCUT2D eigenvalue weighted by Gasteiger charge is -2.11. The van der Waals surface area contributed by atoms with Crippen LogP contribution in [0.4, 0.5) is 11.4 Å². The molecule has 0 saturated carbocycles. The van der Waals surface area contributed by atoms with Crippen LogP contribution in [0.25, 0.3) is 0 Å². The van der Waals surface area contributed by atoms with Gasteiger partial charge in [-0.3, -0.25) is 14.9 Å². The number of hydrogen-bond donors (Lipinski definition) is 4. The molecule has 0 saturated heterocycles. The SMILES string of the molecule is COc1cc(NC(=O)COC(=O)c2cc(O)c(O)c(O)c2)c(C)cc1[N+](=O)[O-]. The van der Waals surface area contributed by atoms with Crippen LogP contribution >= 0.6 is 0 Å². The van der Waals surface area contributed by atoms with E-state index in [2.05, 4.69) is 5.32 Å². The Morgan fingerprint density at radius 3 is 2.29 bits per heavy atom. The van der Waals surface area contributed by atoms with Crippen molar-refractivity contribution >= 4 is 23.3 Å². The van der Waals surface area contributed by atoms with Crippen molar-refractivity contribution in [3.8, 4) is 23.0 Å². The highest BCUT2D eigenvalue weighted by atomic mass is 16.6. The van der Waals surface area contributed by atoms with E-state index in [0.717, 1.165) is 12.1 Å². The number of anilines is 1. The van der Waals surface area contributed by atoms with Gasteiger partial charge in [0.1, 0.15) is 0 Å². The molecule has 148 valence electrons. The van der Waals surface area contributed by atoms with Crippen molar-refractivity contribution < 1.29 is 39.3 Å². The van der Waals surface area contributed by atoms with Crippen molar-refractivity contribution in [2.24, 2.45) is 0 Å². The van der Waals surface area contributed by atoms with Gasteiger partial charge in [-0.25, -0.2) is 4.79 Å². The zero-order chi connectivity index (χ0) is 21.0. The number of carbonyl (C=O) groups excluding carboxylic acids is 2. The first-order valence-corrected chi connectivity index (χ1v) is 7.69. The summed E-state index contributed by atoms with van der Waals surface area (Å²) in [5, 5.41) is 41.4. The van der Waals surface area contributed by atoms with Gasteiger partial charge in [-0.2, -0.15) is 0 Å². The Morgan fingerprint density at radius 1 is 1.14 bits per heavy atom. The monoisotopic (exact) mass is 392 g/mol. The molecule has 0 atom stereocenters. The summed E-state index contributed by atoms with van der Waals surface area (Å²) in [5.41, 5.74) is 0.0640. The summed E-state index contributed by atoms with van der Waals surface area (Å²) in [4.78, 5) is 34.3. The molecule has 1 amide bonds. The van der Waals surface area contributed by atoms with E-state index in [1.807, 2.05) is 0 Å². The van der Waals surface area contributed by atoms with Crippen LogP contribution in [0.3, 0.4) is 0 Å². The Kier molecular flexibility index (Phi) is 5.88. The predicted octanol–water partition coefficient (Wildman–Crippen LogP) is 1.82. The van der Waals surface area contributed by atoms with Crippen molar-refractivity contribution in [3.05, 3.63) is 45.5 Å². The molecular formula is C17H16N2O9. The lowest BCUT2D eigenvalue weighted by molar-refractivity contribution is -0.385. The molecule has 4 N–H and O–H groups in total. The van der Waals surface area contributed by atoms with Gasteiger partial charge in [-0.1, -0.05) is 0 Å². The molecule has 0 bridgehead atoms.